The summed E-state index contributed by atoms with van der Waals surface area (Å²) in [4.78, 5) is 2.39. The second-order valence-corrected chi connectivity index (χ2v) is 5.11. The van der Waals surface area contributed by atoms with Gasteiger partial charge in [0.15, 0.2) is 0 Å². The van der Waals surface area contributed by atoms with Gasteiger partial charge in [0.2, 0.25) is 0 Å². The molecular formula is C15H24N2. The predicted octanol–water partition coefficient (Wildman–Crippen LogP) is 2.68. The van der Waals surface area contributed by atoms with Crippen molar-refractivity contribution in [2.45, 2.75) is 26.2 Å². The lowest BCUT2D eigenvalue weighted by atomic mass is 9.99. The highest BCUT2D eigenvalue weighted by molar-refractivity contribution is 5.46. The minimum Gasteiger partial charge on any atom is -0.374 e. The van der Waals surface area contributed by atoms with Crippen molar-refractivity contribution in [3.05, 3.63) is 29.8 Å². The van der Waals surface area contributed by atoms with Crippen LogP contribution in [0.3, 0.4) is 0 Å². The summed E-state index contributed by atoms with van der Waals surface area (Å²) in [6, 6.07) is 8.97. The quantitative estimate of drug-likeness (QED) is 0.858. The molecule has 0 bridgehead atoms. The molecule has 1 unspecified atom stereocenters. The molecule has 1 atom stereocenters. The van der Waals surface area contributed by atoms with E-state index >= 15 is 0 Å². The number of hydrogen-bond donors (Lipinski definition) is 1. The summed E-state index contributed by atoms with van der Waals surface area (Å²) in [5, 5.41) is 3.48. The molecule has 2 rings (SSSR count). The van der Waals surface area contributed by atoms with Crippen molar-refractivity contribution >= 4 is 5.69 Å². The fourth-order valence-electron chi connectivity index (χ4n) is 2.56. The second kappa shape index (κ2) is 6.06. The molecule has 0 radical (unpaired) electrons. The Morgan fingerprint density at radius 2 is 2.06 bits per heavy atom. The molecule has 1 N–H and O–H groups in total. The van der Waals surface area contributed by atoms with Crippen LogP contribution in [-0.4, -0.2) is 26.7 Å². The molecule has 1 aliphatic heterocycles. The highest BCUT2D eigenvalue weighted by Gasteiger charge is 2.15. The Morgan fingerprint density at radius 3 is 2.65 bits per heavy atom. The maximum absolute atomic E-state index is 3.48. The molecule has 17 heavy (non-hydrogen) atoms. The summed E-state index contributed by atoms with van der Waals surface area (Å²) in [6.07, 6.45) is 3.81. The third-order valence-corrected chi connectivity index (χ3v) is 3.72. The molecular weight excluding hydrogens is 208 g/mol. The first kappa shape index (κ1) is 12.4. The van der Waals surface area contributed by atoms with E-state index in [1.165, 1.54) is 43.7 Å². The van der Waals surface area contributed by atoms with Gasteiger partial charge in [-0.05, 0) is 56.0 Å². The molecule has 2 heteroatoms. The number of anilines is 1. The highest BCUT2D eigenvalue weighted by Crippen LogP contribution is 2.18. The fourth-order valence-corrected chi connectivity index (χ4v) is 2.56. The number of rotatable bonds is 4. The van der Waals surface area contributed by atoms with Gasteiger partial charge in [-0.1, -0.05) is 19.1 Å². The largest absolute Gasteiger partial charge is 0.374 e. The van der Waals surface area contributed by atoms with Crippen LogP contribution in [-0.2, 0) is 6.42 Å². The van der Waals surface area contributed by atoms with E-state index in [-0.39, 0.29) is 0 Å². The number of hydrogen-bond acceptors (Lipinski definition) is 2. The van der Waals surface area contributed by atoms with Gasteiger partial charge < -0.3 is 10.2 Å². The minimum absolute atomic E-state index is 0.805. The molecule has 1 fully saturated rings. The molecule has 1 aromatic carbocycles. The van der Waals surface area contributed by atoms with E-state index in [1.54, 1.807) is 0 Å². The van der Waals surface area contributed by atoms with Crippen molar-refractivity contribution in [1.29, 1.82) is 0 Å². The van der Waals surface area contributed by atoms with Gasteiger partial charge in [0.1, 0.15) is 0 Å². The van der Waals surface area contributed by atoms with Crippen molar-refractivity contribution in [2.75, 3.05) is 31.6 Å². The van der Waals surface area contributed by atoms with Crippen molar-refractivity contribution in [3.63, 3.8) is 0 Å². The molecule has 0 spiro atoms. The van der Waals surface area contributed by atoms with Crippen LogP contribution in [0, 0.1) is 5.92 Å². The van der Waals surface area contributed by atoms with E-state index in [4.69, 9.17) is 0 Å². The molecule has 1 saturated heterocycles. The Bertz CT molecular complexity index is 325. The molecule has 1 aromatic rings. The van der Waals surface area contributed by atoms with E-state index in [0.29, 0.717) is 0 Å². The lowest BCUT2D eigenvalue weighted by Crippen LogP contribution is -2.36. The SMILES string of the molecule is CCc1ccc(N(C)CC2CCCNC2)cc1. The minimum atomic E-state index is 0.805. The van der Waals surface area contributed by atoms with Crippen molar-refractivity contribution in [2.24, 2.45) is 5.92 Å². The van der Waals surface area contributed by atoms with Crippen LogP contribution in [0.4, 0.5) is 5.69 Å². The monoisotopic (exact) mass is 232 g/mol. The molecule has 0 amide bonds. The first-order valence-corrected chi connectivity index (χ1v) is 6.80. The molecule has 1 aliphatic rings. The molecule has 2 nitrogen and oxygen atoms in total. The average molecular weight is 232 g/mol. The Kier molecular flexibility index (Phi) is 4.43. The van der Waals surface area contributed by atoms with Gasteiger partial charge in [-0.3, -0.25) is 0 Å². The zero-order valence-electron chi connectivity index (χ0n) is 11.1. The number of aryl methyl sites for hydroxylation is 1. The maximum atomic E-state index is 3.48. The molecule has 1 heterocycles. The van der Waals surface area contributed by atoms with Crippen LogP contribution in [0.25, 0.3) is 0 Å². The van der Waals surface area contributed by atoms with Crippen LogP contribution >= 0.6 is 0 Å². The van der Waals surface area contributed by atoms with Gasteiger partial charge in [-0.15, -0.1) is 0 Å². The Balaban J connectivity index is 1.91. The maximum Gasteiger partial charge on any atom is 0.0363 e. The Morgan fingerprint density at radius 1 is 1.29 bits per heavy atom. The third kappa shape index (κ3) is 3.47. The molecule has 94 valence electrons. The number of nitrogens with one attached hydrogen (secondary N) is 1. The van der Waals surface area contributed by atoms with E-state index in [9.17, 15) is 0 Å². The van der Waals surface area contributed by atoms with Crippen LogP contribution in [0.15, 0.2) is 24.3 Å². The van der Waals surface area contributed by atoms with Gasteiger partial charge in [0.05, 0.1) is 0 Å². The first-order chi connectivity index (χ1) is 8.29. The topological polar surface area (TPSA) is 15.3 Å². The predicted molar refractivity (Wildman–Crippen MR) is 74.7 cm³/mol. The van der Waals surface area contributed by atoms with Gasteiger partial charge in [0, 0.05) is 19.3 Å². The second-order valence-electron chi connectivity index (χ2n) is 5.11. The number of nitrogens with zero attached hydrogens (tertiary/aromatic N) is 1. The van der Waals surface area contributed by atoms with Gasteiger partial charge in [0.25, 0.3) is 0 Å². The Hall–Kier alpha value is -1.02. The standard InChI is InChI=1S/C15H24N2/c1-3-13-6-8-15(9-7-13)17(2)12-14-5-4-10-16-11-14/h6-9,14,16H,3-5,10-12H2,1-2H3. The van der Waals surface area contributed by atoms with Crippen molar-refractivity contribution < 1.29 is 0 Å². The summed E-state index contributed by atoms with van der Waals surface area (Å²) in [5.74, 6) is 0.805. The van der Waals surface area contributed by atoms with Crippen LogP contribution in [0.5, 0.6) is 0 Å². The van der Waals surface area contributed by atoms with E-state index in [1.807, 2.05) is 0 Å². The van der Waals surface area contributed by atoms with Gasteiger partial charge >= 0.3 is 0 Å². The van der Waals surface area contributed by atoms with Crippen LogP contribution in [0.1, 0.15) is 25.3 Å². The summed E-state index contributed by atoms with van der Waals surface area (Å²) in [7, 11) is 2.20. The fraction of sp³-hybridized carbons (Fsp3) is 0.600. The zero-order chi connectivity index (χ0) is 12.1. The Labute approximate surface area is 105 Å². The van der Waals surface area contributed by atoms with Gasteiger partial charge in [-0.2, -0.15) is 0 Å². The third-order valence-electron chi connectivity index (χ3n) is 3.72. The van der Waals surface area contributed by atoms with Crippen LogP contribution < -0.4 is 10.2 Å². The molecule has 0 aliphatic carbocycles. The summed E-state index contributed by atoms with van der Waals surface area (Å²) < 4.78 is 0. The molecule has 0 aromatic heterocycles. The van der Waals surface area contributed by atoms with Crippen LogP contribution in [0.2, 0.25) is 0 Å². The lowest BCUT2D eigenvalue weighted by molar-refractivity contribution is 0.381. The average Bonchev–Trinajstić information content (AvgIpc) is 2.40. The highest BCUT2D eigenvalue weighted by atomic mass is 15.1. The summed E-state index contributed by atoms with van der Waals surface area (Å²) in [6.45, 7) is 5.74. The van der Waals surface area contributed by atoms with E-state index in [0.717, 1.165) is 12.3 Å². The molecule has 0 saturated carbocycles. The van der Waals surface area contributed by atoms with Gasteiger partial charge in [-0.25, -0.2) is 0 Å². The number of benzene rings is 1. The summed E-state index contributed by atoms with van der Waals surface area (Å²) >= 11 is 0. The van der Waals surface area contributed by atoms with E-state index < -0.39 is 0 Å². The number of piperidine rings is 1. The normalized spacial score (nSPS) is 20.2. The first-order valence-electron chi connectivity index (χ1n) is 6.80. The van der Waals surface area contributed by atoms with E-state index in [2.05, 4.69) is 48.5 Å². The summed E-state index contributed by atoms with van der Waals surface area (Å²) in [5.41, 5.74) is 2.76. The zero-order valence-corrected chi connectivity index (χ0v) is 11.1. The smallest absolute Gasteiger partial charge is 0.0363 e. The van der Waals surface area contributed by atoms with Crippen molar-refractivity contribution in [3.8, 4) is 0 Å². The lowest BCUT2D eigenvalue weighted by Gasteiger charge is -2.29. The van der Waals surface area contributed by atoms with Crippen molar-refractivity contribution in [1.82, 2.24) is 5.32 Å².